The molecule has 0 aromatic carbocycles. The van der Waals surface area contributed by atoms with Crippen LogP contribution in [-0.4, -0.2) is 33.4 Å². The Morgan fingerprint density at radius 3 is 2.87 bits per heavy atom. The topological polar surface area (TPSA) is 64.2 Å². The van der Waals surface area contributed by atoms with Gasteiger partial charge in [-0.1, -0.05) is 0 Å². The number of aromatic nitrogens is 2. The molecule has 1 aromatic rings. The smallest absolute Gasteiger partial charge is 0.222 e. The highest BCUT2D eigenvalue weighted by Gasteiger charge is 2.33. The maximum atomic E-state index is 11.6. The number of carbonyl (C=O) groups excluding carboxylic acids is 1. The third-order valence-electron chi connectivity index (χ3n) is 3.06. The van der Waals surface area contributed by atoms with E-state index in [2.05, 4.69) is 4.98 Å². The molecule has 1 aliphatic heterocycles. The van der Waals surface area contributed by atoms with Crippen molar-refractivity contribution < 1.29 is 4.79 Å². The molecule has 15 heavy (non-hydrogen) atoms. The number of nitrogens with two attached hydrogens (primary N) is 1. The molecule has 1 fully saturated rings. The molecule has 1 aromatic heterocycles. The molecule has 0 spiro atoms. The Bertz CT molecular complexity index is 373. The molecule has 0 aliphatic carbocycles. The standard InChI is InChI=1S/C10H16N4O/c1-13-6-12-5-8(13)10-7(11)3-4-9(15)14(10)2/h5-7,10H,3-4,11H2,1-2H3/t7-,10-/m0/s1. The molecule has 2 heterocycles. The van der Waals surface area contributed by atoms with Gasteiger partial charge in [0.05, 0.1) is 24.3 Å². The molecule has 0 unspecified atom stereocenters. The summed E-state index contributed by atoms with van der Waals surface area (Å²) >= 11 is 0. The average molecular weight is 208 g/mol. The molecule has 5 heteroatoms. The van der Waals surface area contributed by atoms with E-state index in [1.54, 1.807) is 24.5 Å². The summed E-state index contributed by atoms with van der Waals surface area (Å²) < 4.78 is 1.92. The van der Waals surface area contributed by atoms with Crippen LogP contribution in [0.1, 0.15) is 24.6 Å². The quantitative estimate of drug-likeness (QED) is 0.708. The zero-order valence-corrected chi connectivity index (χ0v) is 9.05. The first kappa shape index (κ1) is 10.2. The Labute approximate surface area is 88.9 Å². The predicted molar refractivity (Wildman–Crippen MR) is 55.9 cm³/mol. The van der Waals surface area contributed by atoms with Gasteiger partial charge in [0, 0.05) is 26.6 Å². The summed E-state index contributed by atoms with van der Waals surface area (Å²) in [5, 5.41) is 0. The first-order chi connectivity index (χ1) is 7.11. The van der Waals surface area contributed by atoms with Crippen LogP contribution in [0.5, 0.6) is 0 Å². The summed E-state index contributed by atoms with van der Waals surface area (Å²) in [6.07, 6.45) is 4.81. The first-order valence-electron chi connectivity index (χ1n) is 5.08. The molecule has 2 rings (SSSR count). The third kappa shape index (κ3) is 1.63. The van der Waals surface area contributed by atoms with Gasteiger partial charge >= 0.3 is 0 Å². The van der Waals surface area contributed by atoms with Crippen LogP contribution in [0.4, 0.5) is 0 Å². The number of likely N-dealkylation sites (tertiary alicyclic amines) is 1. The molecular formula is C10H16N4O. The van der Waals surface area contributed by atoms with Crippen molar-refractivity contribution in [2.24, 2.45) is 12.8 Å². The van der Waals surface area contributed by atoms with Crippen molar-refractivity contribution in [3.63, 3.8) is 0 Å². The van der Waals surface area contributed by atoms with E-state index >= 15 is 0 Å². The lowest BCUT2D eigenvalue weighted by Crippen LogP contribution is -2.47. The number of amides is 1. The summed E-state index contributed by atoms with van der Waals surface area (Å²) in [7, 11) is 3.72. The van der Waals surface area contributed by atoms with Crippen molar-refractivity contribution in [3.8, 4) is 0 Å². The van der Waals surface area contributed by atoms with Gasteiger partial charge in [-0.05, 0) is 6.42 Å². The normalized spacial score (nSPS) is 27.1. The minimum Gasteiger partial charge on any atom is -0.336 e. The minimum absolute atomic E-state index is 0.00287. The summed E-state index contributed by atoms with van der Waals surface area (Å²) in [6.45, 7) is 0. The number of aryl methyl sites for hydroxylation is 1. The fourth-order valence-electron chi connectivity index (χ4n) is 2.14. The number of hydrogen-bond donors (Lipinski definition) is 1. The molecule has 1 aliphatic rings. The SMILES string of the molecule is CN1C(=O)CC[C@H](N)[C@H]1c1cncn1C. The minimum atomic E-state index is -0.0428. The highest BCUT2D eigenvalue weighted by molar-refractivity contribution is 5.77. The Hall–Kier alpha value is -1.36. The van der Waals surface area contributed by atoms with Crippen molar-refractivity contribution in [3.05, 3.63) is 18.2 Å². The zero-order chi connectivity index (χ0) is 11.0. The van der Waals surface area contributed by atoms with E-state index in [9.17, 15) is 4.79 Å². The van der Waals surface area contributed by atoms with E-state index in [4.69, 9.17) is 5.73 Å². The molecule has 2 atom stereocenters. The highest BCUT2D eigenvalue weighted by atomic mass is 16.2. The number of hydrogen-bond acceptors (Lipinski definition) is 3. The molecule has 0 saturated carbocycles. The van der Waals surface area contributed by atoms with Gasteiger partial charge in [0.2, 0.25) is 5.91 Å². The molecule has 82 valence electrons. The van der Waals surface area contributed by atoms with Crippen LogP contribution in [0.2, 0.25) is 0 Å². The summed E-state index contributed by atoms with van der Waals surface area (Å²) in [5.74, 6) is 0.155. The van der Waals surface area contributed by atoms with Gasteiger partial charge in [-0.2, -0.15) is 0 Å². The van der Waals surface area contributed by atoms with Crippen LogP contribution >= 0.6 is 0 Å². The molecule has 1 amide bonds. The lowest BCUT2D eigenvalue weighted by Gasteiger charge is -2.37. The molecule has 1 saturated heterocycles. The van der Waals surface area contributed by atoms with E-state index in [-0.39, 0.29) is 18.0 Å². The summed E-state index contributed by atoms with van der Waals surface area (Å²) in [4.78, 5) is 17.4. The second-order valence-electron chi connectivity index (χ2n) is 4.08. The van der Waals surface area contributed by atoms with Gasteiger partial charge < -0.3 is 15.2 Å². The largest absolute Gasteiger partial charge is 0.336 e. The van der Waals surface area contributed by atoms with Crippen LogP contribution in [0, 0.1) is 0 Å². The Balaban J connectivity index is 2.33. The second-order valence-corrected chi connectivity index (χ2v) is 4.08. The summed E-state index contributed by atoms with van der Waals surface area (Å²) in [5.41, 5.74) is 7.05. The highest BCUT2D eigenvalue weighted by Crippen LogP contribution is 2.28. The van der Waals surface area contributed by atoms with E-state index in [0.717, 1.165) is 12.1 Å². The van der Waals surface area contributed by atoms with Gasteiger partial charge in [0.25, 0.3) is 0 Å². The van der Waals surface area contributed by atoms with Crippen molar-refractivity contribution in [1.82, 2.24) is 14.5 Å². The van der Waals surface area contributed by atoms with E-state index < -0.39 is 0 Å². The fourth-order valence-corrected chi connectivity index (χ4v) is 2.14. The number of carbonyl (C=O) groups is 1. The third-order valence-corrected chi connectivity index (χ3v) is 3.06. The number of likely N-dealkylation sites (N-methyl/N-ethyl adjacent to an activating group) is 1. The van der Waals surface area contributed by atoms with E-state index in [1.165, 1.54) is 0 Å². The van der Waals surface area contributed by atoms with Crippen LogP contribution in [0.3, 0.4) is 0 Å². The Kier molecular flexibility index (Phi) is 2.48. The lowest BCUT2D eigenvalue weighted by molar-refractivity contribution is -0.135. The predicted octanol–water partition coefficient (Wildman–Crippen LogP) is 0.0407. The zero-order valence-electron chi connectivity index (χ0n) is 9.05. The van der Waals surface area contributed by atoms with Gasteiger partial charge in [-0.15, -0.1) is 0 Å². The van der Waals surface area contributed by atoms with Crippen LogP contribution in [0.15, 0.2) is 12.5 Å². The van der Waals surface area contributed by atoms with Crippen molar-refractivity contribution in [2.45, 2.75) is 24.9 Å². The maximum absolute atomic E-state index is 11.6. The van der Waals surface area contributed by atoms with Crippen LogP contribution in [-0.2, 0) is 11.8 Å². The molecular weight excluding hydrogens is 192 g/mol. The number of imidazole rings is 1. The summed E-state index contributed by atoms with van der Waals surface area (Å²) in [6, 6.07) is -0.0400. The fraction of sp³-hybridized carbons (Fsp3) is 0.600. The molecule has 2 N–H and O–H groups in total. The van der Waals surface area contributed by atoms with Gasteiger partial charge in [-0.25, -0.2) is 4.98 Å². The van der Waals surface area contributed by atoms with Crippen molar-refractivity contribution in [1.29, 1.82) is 0 Å². The van der Waals surface area contributed by atoms with Crippen LogP contribution < -0.4 is 5.73 Å². The Morgan fingerprint density at radius 2 is 2.27 bits per heavy atom. The van der Waals surface area contributed by atoms with Gasteiger partial charge in [0.1, 0.15) is 0 Å². The van der Waals surface area contributed by atoms with Gasteiger partial charge in [-0.3, -0.25) is 4.79 Å². The van der Waals surface area contributed by atoms with Crippen molar-refractivity contribution >= 4 is 5.91 Å². The monoisotopic (exact) mass is 208 g/mol. The van der Waals surface area contributed by atoms with Crippen molar-refractivity contribution in [2.75, 3.05) is 7.05 Å². The Morgan fingerprint density at radius 1 is 1.53 bits per heavy atom. The van der Waals surface area contributed by atoms with Crippen LogP contribution in [0.25, 0.3) is 0 Å². The van der Waals surface area contributed by atoms with Gasteiger partial charge in [0.15, 0.2) is 0 Å². The number of rotatable bonds is 1. The molecule has 0 radical (unpaired) electrons. The van der Waals surface area contributed by atoms with E-state index in [0.29, 0.717) is 6.42 Å². The number of piperidine rings is 1. The molecule has 0 bridgehead atoms. The second kappa shape index (κ2) is 3.66. The first-order valence-corrected chi connectivity index (χ1v) is 5.08. The lowest BCUT2D eigenvalue weighted by atomic mass is 9.95. The maximum Gasteiger partial charge on any atom is 0.222 e. The van der Waals surface area contributed by atoms with E-state index in [1.807, 2.05) is 11.6 Å². The molecule has 5 nitrogen and oxygen atoms in total. The average Bonchev–Trinajstić information content (AvgIpc) is 2.60. The number of nitrogens with zero attached hydrogens (tertiary/aromatic N) is 3.